The van der Waals surface area contributed by atoms with Crippen LogP contribution in [0.4, 0.5) is 0 Å². The van der Waals surface area contributed by atoms with Crippen molar-refractivity contribution in [1.82, 2.24) is 5.32 Å². The molecule has 9 nitrogen and oxygen atoms in total. The smallest absolute Gasteiger partial charge is 0.306 e. The van der Waals surface area contributed by atoms with Crippen LogP contribution in [0.2, 0.25) is 0 Å². The second-order valence-electron chi connectivity index (χ2n) is 20.8. The minimum absolute atomic E-state index is 0.0217. The molecule has 0 spiro atoms. The number of unbranched alkanes of at least 4 members (excludes halogenated alkanes) is 34. The topological polar surface area (TPSA) is 114 Å². The molecule has 10 heteroatoms. The van der Waals surface area contributed by atoms with Gasteiger partial charge in [0.1, 0.15) is 19.3 Å². The Labute approximate surface area is 415 Å². The summed E-state index contributed by atoms with van der Waals surface area (Å²) in [6.45, 7) is 6.85. The van der Waals surface area contributed by atoms with Gasteiger partial charge in [0, 0.05) is 12.8 Å². The quantitative estimate of drug-likeness (QED) is 0.0212. The van der Waals surface area contributed by atoms with E-state index in [1.54, 1.807) is 0 Å². The van der Waals surface area contributed by atoms with Crippen molar-refractivity contribution in [1.29, 1.82) is 0 Å². The molecule has 0 saturated heterocycles. The molecule has 67 heavy (non-hydrogen) atoms. The Morgan fingerprint density at radius 2 is 0.866 bits per heavy atom. The SMILES string of the molecule is CCCCCCCCC/C=C\CCCCCC(=O)NC(COP(=O)([O-])OCC[N+](C)(C)C)C(/C=C/CCCCCCCCCCCCC)OC(=O)CCCCCCCCCCCCCCCC. The molecule has 0 aliphatic carbocycles. The molecule has 396 valence electrons. The average Bonchev–Trinajstić information content (AvgIpc) is 3.28. The lowest BCUT2D eigenvalue weighted by atomic mass is 10.0. The molecule has 3 atom stereocenters. The number of esters is 1. The van der Waals surface area contributed by atoms with Gasteiger partial charge in [-0.2, -0.15) is 0 Å². The van der Waals surface area contributed by atoms with Gasteiger partial charge in [-0.05, 0) is 57.4 Å². The third-order valence-electron chi connectivity index (χ3n) is 12.9. The van der Waals surface area contributed by atoms with Gasteiger partial charge in [0.2, 0.25) is 5.91 Å². The molecule has 0 aromatic carbocycles. The molecule has 3 unspecified atom stereocenters. The van der Waals surface area contributed by atoms with Gasteiger partial charge in [0.05, 0.1) is 33.8 Å². The van der Waals surface area contributed by atoms with E-state index in [0.717, 1.165) is 70.6 Å². The summed E-state index contributed by atoms with van der Waals surface area (Å²) >= 11 is 0. The van der Waals surface area contributed by atoms with E-state index in [4.69, 9.17) is 13.8 Å². The van der Waals surface area contributed by atoms with Gasteiger partial charge < -0.3 is 28.5 Å². The minimum Gasteiger partial charge on any atom is -0.756 e. The van der Waals surface area contributed by atoms with Gasteiger partial charge in [0.25, 0.3) is 7.82 Å². The third-order valence-corrected chi connectivity index (χ3v) is 13.8. The van der Waals surface area contributed by atoms with Gasteiger partial charge in [-0.25, -0.2) is 0 Å². The highest BCUT2D eigenvalue weighted by Crippen LogP contribution is 2.38. The van der Waals surface area contributed by atoms with Crippen LogP contribution in [0.1, 0.15) is 278 Å². The molecule has 0 saturated carbocycles. The van der Waals surface area contributed by atoms with Gasteiger partial charge >= 0.3 is 5.97 Å². The van der Waals surface area contributed by atoms with E-state index in [-0.39, 0.29) is 31.5 Å². The Balaban J connectivity index is 5.38. The number of quaternary nitrogens is 1. The Morgan fingerprint density at radius 3 is 1.28 bits per heavy atom. The van der Waals surface area contributed by atoms with Crippen LogP contribution in [0.25, 0.3) is 0 Å². The fraction of sp³-hybridized carbons (Fsp3) is 0.895. The molecule has 0 aliphatic heterocycles. The molecule has 0 heterocycles. The number of rotatable bonds is 52. The lowest BCUT2D eigenvalue weighted by Crippen LogP contribution is -2.47. The van der Waals surface area contributed by atoms with Crippen LogP contribution in [0, 0.1) is 0 Å². The summed E-state index contributed by atoms with van der Waals surface area (Å²) in [5, 5.41) is 3.01. The largest absolute Gasteiger partial charge is 0.756 e. The van der Waals surface area contributed by atoms with E-state index in [9.17, 15) is 19.0 Å². The van der Waals surface area contributed by atoms with Crippen molar-refractivity contribution in [2.24, 2.45) is 0 Å². The van der Waals surface area contributed by atoms with Gasteiger partial charge in [-0.3, -0.25) is 14.2 Å². The summed E-state index contributed by atoms with van der Waals surface area (Å²) in [5.41, 5.74) is 0. The molecule has 0 rings (SSSR count). The molecule has 0 aromatic rings. The number of allylic oxidation sites excluding steroid dienone is 3. The summed E-state index contributed by atoms with van der Waals surface area (Å²) in [4.78, 5) is 39.8. The number of hydrogen-bond acceptors (Lipinski definition) is 7. The Hall–Kier alpha value is -1.51. The van der Waals surface area contributed by atoms with Crippen LogP contribution >= 0.6 is 7.82 Å². The van der Waals surface area contributed by atoms with E-state index < -0.39 is 20.0 Å². The number of phosphoric acid groups is 1. The predicted molar refractivity (Wildman–Crippen MR) is 284 cm³/mol. The van der Waals surface area contributed by atoms with Gasteiger partial charge in [0.15, 0.2) is 0 Å². The first-order chi connectivity index (χ1) is 32.4. The highest BCUT2D eigenvalue weighted by Gasteiger charge is 2.27. The Kier molecular flexibility index (Phi) is 47.0. The number of amides is 1. The van der Waals surface area contributed by atoms with Crippen LogP contribution in [0.15, 0.2) is 24.3 Å². The molecule has 0 bridgehead atoms. The van der Waals surface area contributed by atoms with E-state index in [2.05, 4.69) is 38.2 Å². The van der Waals surface area contributed by atoms with Crippen molar-refractivity contribution in [3.8, 4) is 0 Å². The lowest BCUT2D eigenvalue weighted by molar-refractivity contribution is -0.870. The first kappa shape index (κ1) is 65.5. The molecule has 1 N–H and O–H groups in total. The first-order valence-corrected chi connectivity index (χ1v) is 30.1. The van der Waals surface area contributed by atoms with E-state index in [1.165, 1.54) is 173 Å². The van der Waals surface area contributed by atoms with E-state index >= 15 is 0 Å². The second kappa shape index (κ2) is 48.1. The number of phosphoric ester groups is 1. The fourth-order valence-corrected chi connectivity index (χ4v) is 9.12. The number of nitrogens with one attached hydrogen (secondary N) is 1. The summed E-state index contributed by atoms with van der Waals surface area (Å²) in [6, 6.07) is -0.889. The van der Waals surface area contributed by atoms with Gasteiger partial charge in [-0.1, -0.05) is 232 Å². The predicted octanol–water partition coefficient (Wildman–Crippen LogP) is 16.4. The molecular formula is C57H111N2O7P. The number of likely N-dealkylation sites (N-methyl/N-ethyl adjacent to an activating group) is 1. The van der Waals surface area contributed by atoms with Gasteiger partial charge in [-0.15, -0.1) is 0 Å². The fourth-order valence-electron chi connectivity index (χ4n) is 8.40. The van der Waals surface area contributed by atoms with Crippen LogP contribution in [-0.4, -0.2) is 69.4 Å². The van der Waals surface area contributed by atoms with E-state index in [1.807, 2.05) is 33.3 Å². The van der Waals surface area contributed by atoms with Crippen molar-refractivity contribution in [3.05, 3.63) is 24.3 Å². The van der Waals surface area contributed by atoms with Crippen molar-refractivity contribution in [2.75, 3.05) is 40.9 Å². The molecule has 1 amide bonds. The molecular weight excluding hydrogens is 856 g/mol. The van der Waals surface area contributed by atoms with Crippen molar-refractivity contribution in [2.45, 2.75) is 290 Å². The number of ether oxygens (including phenoxy) is 1. The maximum Gasteiger partial charge on any atom is 0.306 e. The summed E-state index contributed by atoms with van der Waals surface area (Å²) < 4.78 is 30.2. The zero-order chi connectivity index (χ0) is 49.4. The van der Waals surface area contributed by atoms with Crippen LogP contribution in [0.3, 0.4) is 0 Å². The third kappa shape index (κ3) is 49.3. The normalized spacial score (nSPS) is 14.0. The monoisotopic (exact) mass is 967 g/mol. The number of nitrogens with zero attached hydrogens (tertiary/aromatic N) is 1. The molecule has 0 aliphatic rings. The maximum atomic E-state index is 13.5. The first-order valence-electron chi connectivity index (χ1n) is 28.6. The molecule has 0 aromatic heterocycles. The summed E-state index contributed by atoms with van der Waals surface area (Å²) in [5.74, 6) is -0.548. The standard InChI is InChI=1S/C57H111N2O7P/c1-7-10-13-16-19-22-25-28-31-34-37-40-43-46-49-56(60)58-54(53-65-67(62,63)64-52-51-59(4,5)6)55(48-45-42-39-36-33-30-27-24-21-18-15-12-9-3)66-57(61)50-47-44-41-38-35-32-29-26-23-20-17-14-11-8-2/h31,34,45,48,54-55H,7-30,32-33,35-44,46-47,49-53H2,1-6H3,(H-,58,60,62,63)/b34-31-,48-45+. The highest BCUT2D eigenvalue weighted by molar-refractivity contribution is 7.45. The Bertz CT molecular complexity index is 1210. The summed E-state index contributed by atoms with van der Waals surface area (Å²) in [7, 11) is 1.19. The highest BCUT2D eigenvalue weighted by atomic mass is 31.2. The summed E-state index contributed by atoms with van der Waals surface area (Å²) in [6.07, 6.45) is 54.2. The molecule has 0 radical (unpaired) electrons. The van der Waals surface area contributed by atoms with E-state index in [0.29, 0.717) is 17.4 Å². The minimum atomic E-state index is -4.69. The van der Waals surface area contributed by atoms with Crippen molar-refractivity contribution in [3.63, 3.8) is 0 Å². The average molecular weight is 967 g/mol. The van der Waals surface area contributed by atoms with Crippen LogP contribution < -0.4 is 10.2 Å². The zero-order valence-electron chi connectivity index (χ0n) is 45.1. The van der Waals surface area contributed by atoms with Crippen LogP contribution in [0.5, 0.6) is 0 Å². The number of carbonyl (C=O) groups is 2. The maximum absolute atomic E-state index is 13.5. The molecule has 0 fully saturated rings. The van der Waals surface area contributed by atoms with Crippen LogP contribution in [-0.2, 0) is 27.9 Å². The number of hydrogen-bond donors (Lipinski definition) is 1. The zero-order valence-corrected chi connectivity index (χ0v) is 46.0. The second-order valence-corrected chi connectivity index (χ2v) is 22.2. The van der Waals surface area contributed by atoms with Crippen molar-refractivity contribution < 1.29 is 37.3 Å². The van der Waals surface area contributed by atoms with Crippen molar-refractivity contribution >= 4 is 19.7 Å². The number of carbonyl (C=O) groups excluding carboxylic acids is 2. The lowest BCUT2D eigenvalue weighted by Gasteiger charge is -2.30. The Morgan fingerprint density at radius 1 is 0.507 bits per heavy atom.